The minimum atomic E-state index is -0.267. The number of benzene rings is 2. The van der Waals surface area contributed by atoms with E-state index in [0.29, 0.717) is 42.5 Å². The van der Waals surface area contributed by atoms with Crippen LogP contribution in [0.5, 0.6) is 0 Å². The summed E-state index contributed by atoms with van der Waals surface area (Å²) in [6, 6.07) is 13.7. The molecule has 2 aliphatic rings. The van der Waals surface area contributed by atoms with E-state index >= 15 is 0 Å². The molecule has 33 heavy (non-hydrogen) atoms. The van der Waals surface area contributed by atoms with Gasteiger partial charge >= 0.3 is 0 Å². The van der Waals surface area contributed by atoms with Crippen molar-refractivity contribution >= 4 is 23.1 Å². The minimum Gasteiger partial charge on any atom is -0.395 e. The Bertz CT molecular complexity index is 1080. The van der Waals surface area contributed by atoms with Gasteiger partial charge in [-0.15, -0.1) is 0 Å². The van der Waals surface area contributed by atoms with Crippen molar-refractivity contribution in [1.29, 1.82) is 0 Å². The maximum atomic E-state index is 13.8. The van der Waals surface area contributed by atoms with E-state index in [9.17, 15) is 14.7 Å². The zero-order chi connectivity index (χ0) is 23.7. The van der Waals surface area contributed by atoms with Crippen LogP contribution in [0.3, 0.4) is 0 Å². The van der Waals surface area contributed by atoms with Crippen molar-refractivity contribution in [3.63, 3.8) is 0 Å². The summed E-state index contributed by atoms with van der Waals surface area (Å²) in [6.07, 6.45) is 0. The summed E-state index contributed by atoms with van der Waals surface area (Å²) in [5, 5.41) is 9.26. The van der Waals surface area contributed by atoms with Crippen molar-refractivity contribution in [2.45, 2.75) is 33.6 Å². The zero-order valence-electron chi connectivity index (χ0n) is 20.0. The van der Waals surface area contributed by atoms with Gasteiger partial charge in [-0.25, -0.2) is 4.90 Å². The molecular weight excluding hydrogens is 414 g/mol. The van der Waals surface area contributed by atoms with Crippen molar-refractivity contribution in [1.82, 2.24) is 9.80 Å². The van der Waals surface area contributed by atoms with Crippen LogP contribution in [0.15, 0.2) is 48.2 Å². The van der Waals surface area contributed by atoms with Gasteiger partial charge in [0.1, 0.15) is 5.70 Å². The molecule has 6 heteroatoms. The number of aliphatic hydroxyl groups is 1. The summed E-state index contributed by atoms with van der Waals surface area (Å²) >= 11 is 0. The molecule has 0 spiro atoms. The Balaban J connectivity index is 1.75. The second-order valence-electron chi connectivity index (χ2n) is 9.29. The highest BCUT2D eigenvalue weighted by atomic mass is 16.3. The van der Waals surface area contributed by atoms with Crippen LogP contribution in [0.25, 0.3) is 5.57 Å². The molecule has 0 aliphatic carbocycles. The van der Waals surface area contributed by atoms with Crippen LogP contribution in [-0.2, 0) is 9.59 Å². The predicted molar refractivity (Wildman–Crippen MR) is 131 cm³/mol. The average molecular weight is 448 g/mol. The standard InChI is InChI=1S/C27H33N3O3/c1-18(2)21-6-8-22(9-7-21)30-26(32)24(23-10-5-19(3)17-20(23)4)25(27(30)33)29-13-11-28(12-14-29)15-16-31/h5-10,17-18,31H,11-16H2,1-4H3. The molecule has 6 nitrogen and oxygen atoms in total. The molecule has 0 aromatic heterocycles. The Morgan fingerprint density at radius 3 is 2.15 bits per heavy atom. The fourth-order valence-electron chi connectivity index (χ4n) is 4.73. The van der Waals surface area contributed by atoms with Crippen molar-refractivity contribution in [2.75, 3.05) is 44.2 Å². The minimum absolute atomic E-state index is 0.119. The average Bonchev–Trinajstić information content (AvgIpc) is 3.04. The first-order valence-electron chi connectivity index (χ1n) is 11.7. The summed E-state index contributed by atoms with van der Waals surface area (Å²) in [5.41, 5.74) is 5.66. The number of anilines is 1. The second kappa shape index (κ2) is 9.49. The lowest BCUT2D eigenvalue weighted by Gasteiger charge is -2.36. The van der Waals surface area contributed by atoms with Crippen LogP contribution in [-0.4, -0.2) is 66.1 Å². The molecule has 4 rings (SSSR count). The lowest BCUT2D eigenvalue weighted by molar-refractivity contribution is -0.120. The molecule has 174 valence electrons. The summed E-state index contributed by atoms with van der Waals surface area (Å²) < 4.78 is 0. The lowest BCUT2D eigenvalue weighted by atomic mass is 9.97. The molecule has 1 fully saturated rings. The van der Waals surface area contributed by atoms with E-state index in [0.717, 1.165) is 29.8 Å². The van der Waals surface area contributed by atoms with E-state index in [2.05, 4.69) is 24.8 Å². The molecule has 1 saturated heterocycles. The molecule has 0 unspecified atom stereocenters. The van der Waals surface area contributed by atoms with E-state index in [1.165, 1.54) is 10.5 Å². The Labute approximate surface area is 196 Å². The van der Waals surface area contributed by atoms with Gasteiger partial charge in [0.05, 0.1) is 17.9 Å². The molecule has 2 amide bonds. The first-order chi connectivity index (χ1) is 15.8. The predicted octanol–water partition coefficient (Wildman–Crippen LogP) is 3.32. The number of β-amino-alcohol motifs (C(OH)–C–C–N with tert-alkyl or cyclic N) is 1. The number of hydrogen-bond acceptors (Lipinski definition) is 5. The van der Waals surface area contributed by atoms with E-state index in [1.54, 1.807) is 0 Å². The number of aryl methyl sites for hydroxylation is 2. The zero-order valence-corrected chi connectivity index (χ0v) is 20.0. The van der Waals surface area contributed by atoms with Crippen LogP contribution in [0.1, 0.15) is 42.0 Å². The quantitative estimate of drug-likeness (QED) is 0.689. The van der Waals surface area contributed by atoms with Gasteiger partial charge in [0.15, 0.2) is 0 Å². The highest BCUT2D eigenvalue weighted by molar-refractivity contribution is 6.45. The van der Waals surface area contributed by atoms with E-state index in [1.807, 2.05) is 55.1 Å². The van der Waals surface area contributed by atoms with Gasteiger partial charge in [-0.3, -0.25) is 14.5 Å². The Morgan fingerprint density at radius 2 is 1.58 bits per heavy atom. The normalized spacial score (nSPS) is 17.6. The molecule has 2 aromatic rings. The molecular formula is C27H33N3O3. The highest BCUT2D eigenvalue weighted by Gasteiger charge is 2.43. The van der Waals surface area contributed by atoms with Gasteiger partial charge in [0.2, 0.25) is 0 Å². The number of rotatable bonds is 6. The number of nitrogens with zero attached hydrogens (tertiary/aromatic N) is 3. The maximum absolute atomic E-state index is 13.8. The van der Waals surface area contributed by atoms with Gasteiger partial charge in [-0.1, -0.05) is 49.7 Å². The Kier molecular flexibility index (Phi) is 6.68. The fraction of sp³-hybridized carbons (Fsp3) is 0.407. The van der Waals surface area contributed by atoms with Gasteiger partial charge in [-0.05, 0) is 48.6 Å². The monoisotopic (exact) mass is 447 g/mol. The third-order valence-electron chi connectivity index (χ3n) is 6.63. The number of piperazine rings is 1. The van der Waals surface area contributed by atoms with Crippen LogP contribution < -0.4 is 4.90 Å². The second-order valence-corrected chi connectivity index (χ2v) is 9.29. The van der Waals surface area contributed by atoms with E-state index < -0.39 is 0 Å². The van der Waals surface area contributed by atoms with Crippen LogP contribution in [0, 0.1) is 13.8 Å². The topological polar surface area (TPSA) is 64.1 Å². The molecule has 2 heterocycles. The summed E-state index contributed by atoms with van der Waals surface area (Å²) in [7, 11) is 0. The van der Waals surface area contributed by atoms with Crippen molar-refractivity contribution in [2.24, 2.45) is 0 Å². The third kappa shape index (κ3) is 4.45. The fourth-order valence-corrected chi connectivity index (χ4v) is 4.73. The number of hydrogen-bond donors (Lipinski definition) is 1. The van der Waals surface area contributed by atoms with Crippen molar-refractivity contribution < 1.29 is 14.7 Å². The molecule has 0 atom stereocenters. The van der Waals surface area contributed by atoms with Gasteiger partial charge in [0, 0.05) is 32.7 Å². The third-order valence-corrected chi connectivity index (χ3v) is 6.63. The summed E-state index contributed by atoms with van der Waals surface area (Å²) in [6.45, 7) is 11.8. The SMILES string of the molecule is Cc1ccc(C2=C(N3CCN(CCO)CC3)C(=O)N(c3ccc(C(C)C)cc3)C2=O)c(C)c1. The number of amides is 2. The summed E-state index contributed by atoms with van der Waals surface area (Å²) in [4.78, 5) is 33.1. The Morgan fingerprint density at radius 1 is 0.909 bits per heavy atom. The first-order valence-corrected chi connectivity index (χ1v) is 11.7. The van der Waals surface area contributed by atoms with Crippen LogP contribution in [0.2, 0.25) is 0 Å². The Hall–Kier alpha value is -2.96. The first kappa shape index (κ1) is 23.2. The van der Waals surface area contributed by atoms with Crippen molar-refractivity contribution in [3.8, 4) is 0 Å². The molecule has 2 aromatic carbocycles. The highest BCUT2D eigenvalue weighted by Crippen LogP contribution is 2.37. The van der Waals surface area contributed by atoms with E-state index in [4.69, 9.17) is 0 Å². The van der Waals surface area contributed by atoms with Crippen molar-refractivity contribution in [3.05, 3.63) is 70.4 Å². The molecule has 0 radical (unpaired) electrons. The number of imide groups is 1. The van der Waals surface area contributed by atoms with Gasteiger partial charge < -0.3 is 10.0 Å². The summed E-state index contributed by atoms with van der Waals surface area (Å²) in [5.74, 6) is -0.154. The molecule has 0 bridgehead atoms. The maximum Gasteiger partial charge on any atom is 0.282 e. The van der Waals surface area contributed by atoms with Gasteiger partial charge in [0.25, 0.3) is 11.8 Å². The van der Waals surface area contributed by atoms with Crippen LogP contribution >= 0.6 is 0 Å². The van der Waals surface area contributed by atoms with E-state index in [-0.39, 0.29) is 18.4 Å². The lowest BCUT2D eigenvalue weighted by Crippen LogP contribution is -2.48. The molecule has 2 aliphatic heterocycles. The number of aliphatic hydroxyl groups excluding tert-OH is 1. The molecule has 1 N–H and O–H groups in total. The number of carbonyl (C=O) groups excluding carboxylic acids is 2. The van der Waals surface area contributed by atoms with Gasteiger partial charge in [-0.2, -0.15) is 0 Å². The molecule has 0 saturated carbocycles. The largest absolute Gasteiger partial charge is 0.395 e. The number of carbonyl (C=O) groups is 2. The smallest absolute Gasteiger partial charge is 0.282 e. The van der Waals surface area contributed by atoms with Crippen LogP contribution in [0.4, 0.5) is 5.69 Å².